The van der Waals surface area contributed by atoms with Gasteiger partial charge in [0, 0.05) is 31.8 Å². The Balaban J connectivity index is 1.68. The van der Waals surface area contributed by atoms with Gasteiger partial charge in [0.2, 0.25) is 0 Å². The van der Waals surface area contributed by atoms with Crippen LogP contribution in [0.5, 0.6) is 0 Å². The van der Waals surface area contributed by atoms with Crippen molar-refractivity contribution >= 4 is 5.69 Å². The number of nitrogens with zero attached hydrogens (tertiary/aromatic N) is 1. The molecule has 3 nitrogen and oxygen atoms in total. The quantitative estimate of drug-likeness (QED) is 0.594. The van der Waals surface area contributed by atoms with Crippen LogP contribution in [-0.2, 0) is 4.74 Å². The molecule has 2 aliphatic rings. The maximum atomic E-state index is 5.58. The highest BCUT2D eigenvalue weighted by molar-refractivity contribution is 5.86. The van der Waals surface area contributed by atoms with Gasteiger partial charge >= 0.3 is 0 Å². The molecule has 0 spiro atoms. The monoisotopic (exact) mass is 356 g/mol. The standard InChI is InChI=1S/C24H24N2O/c1-27-22-16-26(15-14-25-22)21-13-7-12-20-18-10-5-6-11-19(18)23(24(20)21)17-8-3-2-4-9-17/h2-13,22-23,25H,14-16H2,1H3. The molecule has 1 aliphatic carbocycles. The van der Waals surface area contributed by atoms with Crippen molar-refractivity contribution in [3.8, 4) is 11.1 Å². The average Bonchev–Trinajstić information content (AvgIpc) is 3.09. The van der Waals surface area contributed by atoms with E-state index in [0.717, 1.165) is 19.6 Å². The number of nitrogens with one attached hydrogen (secondary N) is 1. The van der Waals surface area contributed by atoms with Crippen molar-refractivity contribution in [3.05, 3.63) is 89.5 Å². The molecule has 0 radical (unpaired) electrons. The van der Waals surface area contributed by atoms with E-state index in [4.69, 9.17) is 4.74 Å². The molecule has 136 valence electrons. The van der Waals surface area contributed by atoms with Crippen LogP contribution >= 0.6 is 0 Å². The van der Waals surface area contributed by atoms with Gasteiger partial charge in [-0.05, 0) is 33.9 Å². The average molecular weight is 356 g/mol. The van der Waals surface area contributed by atoms with Crippen LogP contribution in [0.2, 0.25) is 0 Å². The lowest BCUT2D eigenvalue weighted by molar-refractivity contribution is 0.0706. The Morgan fingerprint density at radius 3 is 2.52 bits per heavy atom. The number of rotatable bonds is 3. The van der Waals surface area contributed by atoms with Crippen LogP contribution in [0.3, 0.4) is 0 Å². The van der Waals surface area contributed by atoms with E-state index in [1.54, 1.807) is 7.11 Å². The van der Waals surface area contributed by atoms with Gasteiger partial charge in [-0.25, -0.2) is 0 Å². The van der Waals surface area contributed by atoms with Crippen LogP contribution in [-0.4, -0.2) is 33.0 Å². The molecule has 0 aromatic heterocycles. The number of benzene rings is 3. The fraction of sp³-hybridized carbons (Fsp3) is 0.250. The van der Waals surface area contributed by atoms with E-state index >= 15 is 0 Å². The van der Waals surface area contributed by atoms with Crippen molar-refractivity contribution in [2.75, 3.05) is 31.6 Å². The molecule has 1 aliphatic heterocycles. The summed E-state index contributed by atoms with van der Waals surface area (Å²) in [5.41, 5.74) is 8.26. The van der Waals surface area contributed by atoms with Crippen LogP contribution in [0, 0.1) is 0 Å². The van der Waals surface area contributed by atoms with E-state index < -0.39 is 0 Å². The Kier molecular flexibility index (Phi) is 4.19. The third kappa shape index (κ3) is 2.75. The SMILES string of the molecule is COC1CN(c2cccc3c2C(c2ccccc2)c2ccccc2-3)CCN1. The van der Waals surface area contributed by atoms with Gasteiger partial charge in [-0.1, -0.05) is 66.7 Å². The molecule has 1 N–H and O–H groups in total. The van der Waals surface area contributed by atoms with Crippen molar-refractivity contribution in [2.45, 2.75) is 12.1 Å². The number of hydrogen-bond acceptors (Lipinski definition) is 3. The Bertz CT molecular complexity index is 954. The van der Waals surface area contributed by atoms with E-state index in [1.807, 2.05) is 0 Å². The molecule has 2 atom stereocenters. The second kappa shape index (κ2) is 6.84. The molecular weight excluding hydrogens is 332 g/mol. The zero-order valence-electron chi connectivity index (χ0n) is 15.6. The Morgan fingerprint density at radius 1 is 0.889 bits per heavy atom. The minimum absolute atomic E-state index is 0.0774. The first-order valence-corrected chi connectivity index (χ1v) is 9.65. The molecule has 5 rings (SSSR count). The smallest absolute Gasteiger partial charge is 0.125 e. The summed E-state index contributed by atoms with van der Waals surface area (Å²) >= 11 is 0. The predicted octanol–water partition coefficient (Wildman–Crippen LogP) is 4.23. The molecule has 1 heterocycles. The van der Waals surface area contributed by atoms with Crippen molar-refractivity contribution in [1.82, 2.24) is 5.32 Å². The summed E-state index contributed by atoms with van der Waals surface area (Å²) in [5.74, 6) is 0.282. The van der Waals surface area contributed by atoms with E-state index in [-0.39, 0.29) is 12.1 Å². The minimum atomic E-state index is 0.0774. The third-order valence-corrected chi connectivity index (χ3v) is 5.83. The Morgan fingerprint density at radius 2 is 1.67 bits per heavy atom. The van der Waals surface area contributed by atoms with Gasteiger partial charge in [0.05, 0.1) is 6.54 Å². The lowest BCUT2D eigenvalue weighted by Gasteiger charge is -2.36. The summed E-state index contributed by atoms with van der Waals surface area (Å²) in [5, 5.41) is 3.43. The maximum absolute atomic E-state index is 5.58. The highest BCUT2D eigenvalue weighted by Crippen LogP contribution is 2.51. The number of methoxy groups -OCH3 is 1. The molecule has 1 fully saturated rings. The Labute approximate surface area is 160 Å². The van der Waals surface area contributed by atoms with Gasteiger partial charge < -0.3 is 9.64 Å². The molecule has 27 heavy (non-hydrogen) atoms. The van der Waals surface area contributed by atoms with Crippen molar-refractivity contribution in [2.24, 2.45) is 0 Å². The topological polar surface area (TPSA) is 24.5 Å². The Hall–Kier alpha value is -2.62. The highest BCUT2D eigenvalue weighted by atomic mass is 16.5. The number of ether oxygens (including phenoxy) is 1. The van der Waals surface area contributed by atoms with E-state index in [1.165, 1.54) is 33.5 Å². The number of fused-ring (bicyclic) bond motifs is 3. The summed E-state index contributed by atoms with van der Waals surface area (Å²) in [7, 11) is 1.78. The van der Waals surface area contributed by atoms with Crippen LogP contribution in [0.4, 0.5) is 5.69 Å². The summed E-state index contributed by atoms with van der Waals surface area (Å²) in [6, 6.07) is 26.5. The van der Waals surface area contributed by atoms with Gasteiger partial charge in [0.1, 0.15) is 6.23 Å². The zero-order valence-corrected chi connectivity index (χ0v) is 15.6. The summed E-state index contributed by atoms with van der Waals surface area (Å²) in [6.07, 6.45) is 0.0774. The molecular formula is C24H24N2O. The van der Waals surface area contributed by atoms with Crippen molar-refractivity contribution in [1.29, 1.82) is 0 Å². The van der Waals surface area contributed by atoms with E-state index in [9.17, 15) is 0 Å². The van der Waals surface area contributed by atoms with Crippen LogP contribution in [0.15, 0.2) is 72.8 Å². The lowest BCUT2D eigenvalue weighted by atomic mass is 9.88. The fourth-order valence-electron chi connectivity index (χ4n) is 4.60. The lowest BCUT2D eigenvalue weighted by Crippen LogP contribution is -2.51. The van der Waals surface area contributed by atoms with E-state index in [0.29, 0.717) is 0 Å². The first-order chi connectivity index (χ1) is 13.4. The van der Waals surface area contributed by atoms with Crippen LogP contribution in [0.1, 0.15) is 22.6 Å². The zero-order chi connectivity index (χ0) is 18.2. The van der Waals surface area contributed by atoms with E-state index in [2.05, 4.69) is 83.0 Å². The van der Waals surface area contributed by atoms with Crippen LogP contribution in [0.25, 0.3) is 11.1 Å². The normalized spacial score (nSPS) is 21.0. The largest absolute Gasteiger partial charge is 0.366 e. The summed E-state index contributed by atoms with van der Waals surface area (Å²) in [4.78, 5) is 2.48. The highest BCUT2D eigenvalue weighted by Gasteiger charge is 2.34. The van der Waals surface area contributed by atoms with Gasteiger partial charge in [0.25, 0.3) is 0 Å². The maximum Gasteiger partial charge on any atom is 0.125 e. The molecule has 2 unspecified atom stereocenters. The van der Waals surface area contributed by atoms with Crippen molar-refractivity contribution < 1.29 is 4.74 Å². The minimum Gasteiger partial charge on any atom is -0.366 e. The molecule has 1 saturated heterocycles. The molecule has 3 aromatic carbocycles. The molecule has 3 heteroatoms. The van der Waals surface area contributed by atoms with Crippen molar-refractivity contribution in [3.63, 3.8) is 0 Å². The van der Waals surface area contributed by atoms with Gasteiger partial charge in [-0.15, -0.1) is 0 Å². The number of hydrogen-bond donors (Lipinski definition) is 1. The molecule has 0 bridgehead atoms. The van der Waals surface area contributed by atoms with Gasteiger partial charge in [-0.2, -0.15) is 0 Å². The fourth-order valence-corrected chi connectivity index (χ4v) is 4.60. The third-order valence-electron chi connectivity index (χ3n) is 5.83. The first-order valence-electron chi connectivity index (χ1n) is 9.65. The molecule has 0 amide bonds. The molecule has 0 saturated carbocycles. The van der Waals surface area contributed by atoms with Gasteiger partial charge in [0.15, 0.2) is 0 Å². The van der Waals surface area contributed by atoms with Gasteiger partial charge in [-0.3, -0.25) is 5.32 Å². The first kappa shape index (κ1) is 16.5. The number of anilines is 1. The summed E-state index contributed by atoms with van der Waals surface area (Å²) in [6.45, 7) is 2.80. The predicted molar refractivity (Wildman–Crippen MR) is 110 cm³/mol. The van der Waals surface area contributed by atoms with Crippen LogP contribution < -0.4 is 10.2 Å². The second-order valence-electron chi connectivity index (χ2n) is 7.29. The molecule has 3 aromatic rings. The second-order valence-corrected chi connectivity index (χ2v) is 7.29. The number of piperazine rings is 1. The summed E-state index contributed by atoms with van der Waals surface area (Å²) < 4.78 is 5.58.